The van der Waals surface area contributed by atoms with E-state index in [0.29, 0.717) is 50.0 Å². The van der Waals surface area contributed by atoms with Crippen LogP contribution in [0.5, 0.6) is 5.75 Å². The van der Waals surface area contributed by atoms with Crippen LogP contribution >= 0.6 is 11.6 Å². The van der Waals surface area contributed by atoms with Crippen molar-refractivity contribution >= 4 is 33.2 Å². The van der Waals surface area contributed by atoms with Gasteiger partial charge in [-0.3, -0.25) is 14.6 Å². The Balaban J connectivity index is 1.25. The first-order valence-corrected chi connectivity index (χ1v) is 22.4. The number of anilines is 1. The van der Waals surface area contributed by atoms with Gasteiger partial charge in [0.05, 0.1) is 36.8 Å². The lowest BCUT2D eigenvalue weighted by Gasteiger charge is -2.52. The molecule has 3 aliphatic heterocycles. The van der Waals surface area contributed by atoms with Gasteiger partial charge >= 0.3 is 0 Å². The summed E-state index contributed by atoms with van der Waals surface area (Å²) in [6.45, 7) is 11.2. The quantitative estimate of drug-likeness (QED) is 0.341. The normalized spacial score (nSPS) is 31.8. The lowest BCUT2D eigenvalue weighted by Crippen LogP contribution is -2.60. The van der Waals surface area contributed by atoms with Crippen molar-refractivity contribution in [1.29, 1.82) is 0 Å². The van der Waals surface area contributed by atoms with Crippen molar-refractivity contribution in [2.75, 3.05) is 91.9 Å². The minimum atomic E-state index is -3.97. The Morgan fingerprint density at radius 2 is 1.79 bits per heavy atom. The van der Waals surface area contributed by atoms with E-state index in [1.807, 2.05) is 32.2 Å². The van der Waals surface area contributed by atoms with Gasteiger partial charge in [-0.25, -0.2) is 13.1 Å². The summed E-state index contributed by atoms with van der Waals surface area (Å²) >= 11 is 6.52. The molecule has 308 valence electrons. The topological polar surface area (TPSA) is 110 Å². The molecule has 5 aliphatic rings. The number of methoxy groups -OCH3 is 3. The van der Waals surface area contributed by atoms with Crippen LogP contribution in [0, 0.1) is 17.8 Å². The monoisotopic (exact) mass is 812 g/mol. The number of benzene rings is 2. The fraction of sp³-hybridized carbons (Fsp3) is 0.651. The number of fused-ring (bicyclic) bond motifs is 4. The van der Waals surface area contributed by atoms with E-state index in [2.05, 4.69) is 43.7 Å². The Hall–Kier alpha value is -2.71. The van der Waals surface area contributed by atoms with Crippen LogP contribution in [0.2, 0.25) is 5.02 Å². The highest BCUT2D eigenvalue weighted by atomic mass is 35.5. The molecule has 1 spiro atoms. The van der Waals surface area contributed by atoms with Gasteiger partial charge in [0.15, 0.2) is 0 Å². The van der Waals surface area contributed by atoms with Crippen molar-refractivity contribution in [2.24, 2.45) is 17.8 Å². The fourth-order valence-corrected chi connectivity index (χ4v) is 11.6. The second kappa shape index (κ2) is 17.3. The van der Waals surface area contributed by atoms with Crippen LogP contribution in [-0.2, 0) is 36.1 Å². The molecule has 3 heterocycles. The molecule has 1 saturated heterocycles. The first-order valence-electron chi connectivity index (χ1n) is 20.4. The number of piperazine rings is 1. The average Bonchev–Trinajstić information content (AvgIpc) is 3.32. The maximum atomic E-state index is 13.7. The summed E-state index contributed by atoms with van der Waals surface area (Å²) in [5.41, 5.74) is 2.81. The van der Waals surface area contributed by atoms with Gasteiger partial charge in [-0.1, -0.05) is 36.7 Å². The second-order valence-electron chi connectivity index (χ2n) is 17.1. The highest BCUT2D eigenvalue weighted by molar-refractivity contribution is 7.90. The predicted octanol–water partition coefficient (Wildman–Crippen LogP) is 5.55. The number of amides is 1. The Morgan fingerprint density at radius 3 is 2.48 bits per heavy atom. The number of hydrogen-bond acceptors (Lipinski definition) is 10. The summed E-state index contributed by atoms with van der Waals surface area (Å²) in [6, 6.07) is 11.8. The van der Waals surface area contributed by atoms with Gasteiger partial charge < -0.3 is 23.8 Å². The first kappa shape index (κ1) is 41.4. The summed E-state index contributed by atoms with van der Waals surface area (Å²) in [7, 11) is 1.35. The predicted molar refractivity (Wildman–Crippen MR) is 220 cm³/mol. The molecule has 0 aromatic heterocycles. The molecule has 0 unspecified atom stereocenters. The molecule has 2 fully saturated rings. The van der Waals surface area contributed by atoms with E-state index < -0.39 is 26.8 Å². The Morgan fingerprint density at radius 1 is 1.02 bits per heavy atom. The summed E-state index contributed by atoms with van der Waals surface area (Å²) in [4.78, 5) is 21.1. The highest BCUT2D eigenvalue weighted by Crippen LogP contribution is 2.49. The number of halogens is 1. The van der Waals surface area contributed by atoms with Gasteiger partial charge in [0.25, 0.3) is 5.91 Å². The van der Waals surface area contributed by atoms with Crippen LogP contribution in [0.15, 0.2) is 48.6 Å². The van der Waals surface area contributed by atoms with Gasteiger partial charge in [0, 0.05) is 83.1 Å². The third-order valence-corrected chi connectivity index (χ3v) is 15.9. The summed E-state index contributed by atoms with van der Waals surface area (Å²) in [5, 5.41) is -0.0524. The van der Waals surface area contributed by atoms with Crippen LogP contribution in [0.4, 0.5) is 5.69 Å². The van der Waals surface area contributed by atoms with Crippen LogP contribution in [0.25, 0.3) is 0 Å². The molecule has 56 heavy (non-hydrogen) atoms. The zero-order valence-corrected chi connectivity index (χ0v) is 35.4. The standard InChI is InChI=1S/C43H61ClN4O7S/c1-30-8-6-17-43(54-5,28-46-18-20-47(21-19-46)36(25-52-3)26-53-4)38-13-10-34(38)24-48-27-42(16-7-9-32-22-35(44)12-14-37(32)42)29-55-40-15-11-33(23-39(40)48)41(49)45-56(50,51)31(30)2/h6,11-12,14-15,17,22-23,30-31,34,36,38H,7-10,13,16,18-21,24-29H2,1-5H3,(H,45,49)/b17-6+/t30-,31+,34-,38+,42-,43-/m0/s1. The third-order valence-electron chi connectivity index (χ3n) is 13.7. The number of hydrogen-bond donors (Lipinski definition) is 1. The van der Waals surface area contributed by atoms with Crippen molar-refractivity contribution in [1.82, 2.24) is 14.5 Å². The number of carbonyl (C=O) groups excluding carboxylic acids is 1. The molecule has 6 atom stereocenters. The molecule has 1 saturated carbocycles. The average molecular weight is 814 g/mol. The highest BCUT2D eigenvalue weighted by Gasteiger charge is 2.50. The molecular weight excluding hydrogens is 752 g/mol. The number of sulfonamides is 1. The minimum Gasteiger partial charge on any atom is -0.490 e. The first-order chi connectivity index (χ1) is 26.9. The van der Waals surface area contributed by atoms with Crippen molar-refractivity contribution in [3.63, 3.8) is 0 Å². The molecule has 7 rings (SSSR count). The summed E-state index contributed by atoms with van der Waals surface area (Å²) in [5.74, 6) is 0.387. The minimum absolute atomic E-state index is 0.212. The van der Waals surface area contributed by atoms with Gasteiger partial charge in [-0.15, -0.1) is 0 Å². The second-order valence-corrected chi connectivity index (χ2v) is 19.5. The summed E-state index contributed by atoms with van der Waals surface area (Å²) in [6.07, 6.45) is 9.97. The largest absolute Gasteiger partial charge is 0.490 e. The SMILES string of the molecule is COCC(COC)N1CCN(C[C@@]2(OC)/C=C/C[C@H](C)[C@@H](C)S(=O)(=O)NC(=O)c3ccc4c(c3)N(C[C@@H]3CC[C@H]32)C[C@@]2(CCCc3cc(Cl)ccc32)CO4)CC1. The molecule has 2 aliphatic carbocycles. The van der Waals surface area contributed by atoms with Gasteiger partial charge in [0.1, 0.15) is 11.4 Å². The maximum absolute atomic E-state index is 13.7. The van der Waals surface area contributed by atoms with Crippen molar-refractivity contribution in [3.05, 3.63) is 70.3 Å². The zero-order chi connectivity index (χ0) is 39.7. The molecule has 0 radical (unpaired) electrons. The molecule has 1 amide bonds. The van der Waals surface area contributed by atoms with Crippen LogP contribution in [0.3, 0.4) is 0 Å². The van der Waals surface area contributed by atoms with E-state index in [-0.39, 0.29) is 23.3 Å². The van der Waals surface area contributed by atoms with Crippen molar-refractivity contribution < 1.29 is 32.2 Å². The number of nitrogens with zero attached hydrogens (tertiary/aromatic N) is 3. The van der Waals surface area contributed by atoms with E-state index in [1.165, 1.54) is 11.1 Å². The number of ether oxygens (including phenoxy) is 4. The Bertz CT molecular complexity index is 1850. The number of carbonyl (C=O) groups is 1. The zero-order valence-electron chi connectivity index (χ0n) is 33.8. The molecule has 13 heteroatoms. The number of allylic oxidation sites excluding steroid dienone is 1. The van der Waals surface area contributed by atoms with Crippen LogP contribution in [-0.4, -0.2) is 128 Å². The van der Waals surface area contributed by atoms with Crippen LogP contribution < -0.4 is 14.4 Å². The molecule has 1 N–H and O–H groups in total. The maximum Gasteiger partial charge on any atom is 0.264 e. The summed E-state index contributed by atoms with van der Waals surface area (Å²) < 4.78 is 54.2. The van der Waals surface area contributed by atoms with Crippen molar-refractivity contribution in [3.8, 4) is 5.75 Å². The Labute approximate surface area is 339 Å². The third kappa shape index (κ3) is 8.40. The lowest BCUT2D eigenvalue weighted by molar-refractivity contribution is -0.0979. The number of nitrogens with one attached hydrogen (secondary N) is 1. The Kier molecular flexibility index (Phi) is 12.8. The fourth-order valence-electron chi connectivity index (χ4n) is 10.1. The van der Waals surface area contributed by atoms with E-state index in [1.54, 1.807) is 27.2 Å². The molecule has 11 nitrogen and oxygen atoms in total. The van der Waals surface area contributed by atoms with Crippen molar-refractivity contribution in [2.45, 2.75) is 74.7 Å². The van der Waals surface area contributed by atoms with Crippen LogP contribution in [0.1, 0.15) is 67.4 Å². The van der Waals surface area contributed by atoms with E-state index >= 15 is 0 Å². The number of aryl methyl sites for hydroxylation is 1. The molecular formula is C43H61ClN4O7S. The molecule has 2 aromatic rings. The van der Waals surface area contributed by atoms with E-state index in [9.17, 15) is 13.2 Å². The smallest absolute Gasteiger partial charge is 0.264 e. The number of rotatable bonds is 8. The van der Waals surface area contributed by atoms with E-state index in [0.717, 1.165) is 82.1 Å². The lowest BCUT2D eigenvalue weighted by atomic mass is 9.63. The molecule has 2 bridgehead atoms. The van der Waals surface area contributed by atoms with Gasteiger partial charge in [0.2, 0.25) is 10.0 Å². The van der Waals surface area contributed by atoms with Gasteiger partial charge in [-0.05, 0) is 105 Å². The molecule has 2 aromatic carbocycles. The van der Waals surface area contributed by atoms with Gasteiger partial charge in [-0.2, -0.15) is 0 Å². The van der Waals surface area contributed by atoms with E-state index in [4.69, 9.17) is 30.5 Å².